The number of nitro groups is 1. The van der Waals surface area contributed by atoms with Gasteiger partial charge in [0.25, 0.3) is 5.69 Å². The van der Waals surface area contributed by atoms with E-state index in [0.29, 0.717) is 37.2 Å². The average molecular weight is 265 g/mol. The van der Waals surface area contributed by atoms with Gasteiger partial charge in [-0.3, -0.25) is 14.9 Å². The molecule has 1 aromatic rings. The van der Waals surface area contributed by atoms with Crippen LogP contribution >= 0.6 is 0 Å². The van der Waals surface area contributed by atoms with Crippen LogP contribution in [0.5, 0.6) is 0 Å². The van der Waals surface area contributed by atoms with Crippen molar-refractivity contribution in [3.05, 3.63) is 27.8 Å². The molecule has 0 bridgehead atoms. The molecule has 19 heavy (non-hydrogen) atoms. The molecule has 0 aliphatic carbocycles. The molecule has 1 aliphatic rings. The molecule has 2 rings (SSSR count). The van der Waals surface area contributed by atoms with Crippen molar-refractivity contribution in [1.29, 1.82) is 0 Å². The van der Waals surface area contributed by atoms with Gasteiger partial charge in [0, 0.05) is 25.6 Å². The number of amides is 1. The number of carbonyl (C=O) groups is 1. The number of rotatable bonds is 5. The predicted octanol–water partition coefficient (Wildman–Crippen LogP) is 1.27. The van der Waals surface area contributed by atoms with Gasteiger partial charge in [0.2, 0.25) is 5.91 Å². The fourth-order valence-corrected chi connectivity index (χ4v) is 2.01. The van der Waals surface area contributed by atoms with Crippen LogP contribution in [0.1, 0.15) is 18.4 Å². The van der Waals surface area contributed by atoms with Crippen molar-refractivity contribution < 1.29 is 14.8 Å². The largest absolute Gasteiger partial charge is 0.396 e. The highest BCUT2D eigenvalue weighted by molar-refractivity contribution is 5.95. The van der Waals surface area contributed by atoms with E-state index in [-0.39, 0.29) is 18.2 Å². The molecule has 0 radical (unpaired) electrons. The highest BCUT2D eigenvalue weighted by Crippen LogP contribution is 2.34. The summed E-state index contributed by atoms with van der Waals surface area (Å²) in [6, 6.07) is 3.08. The third-order valence-electron chi connectivity index (χ3n) is 2.96. The Bertz CT molecular complexity index is 516. The number of carbonyl (C=O) groups excluding carboxylic acids is 1. The number of nitrogens with zero attached hydrogens (tertiary/aromatic N) is 1. The molecule has 1 heterocycles. The minimum atomic E-state index is -0.484. The van der Waals surface area contributed by atoms with Gasteiger partial charge >= 0.3 is 0 Å². The second-order valence-electron chi connectivity index (χ2n) is 4.34. The monoisotopic (exact) mass is 265 g/mol. The molecule has 1 aromatic carbocycles. The highest BCUT2D eigenvalue weighted by atomic mass is 16.6. The summed E-state index contributed by atoms with van der Waals surface area (Å²) in [5.41, 5.74) is 1.75. The maximum Gasteiger partial charge on any atom is 0.294 e. The van der Waals surface area contributed by atoms with E-state index >= 15 is 0 Å². The summed E-state index contributed by atoms with van der Waals surface area (Å²) >= 11 is 0. The smallest absolute Gasteiger partial charge is 0.294 e. The summed E-state index contributed by atoms with van der Waals surface area (Å²) < 4.78 is 0. The van der Waals surface area contributed by atoms with Crippen LogP contribution in [-0.2, 0) is 11.2 Å². The molecular weight excluding hydrogens is 250 g/mol. The Morgan fingerprint density at radius 2 is 2.21 bits per heavy atom. The van der Waals surface area contributed by atoms with Crippen molar-refractivity contribution in [3.8, 4) is 0 Å². The van der Waals surface area contributed by atoms with Gasteiger partial charge in [-0.25, -0.2) is 0 Å². The van der Waals surface area contributed by atoms with E-state index in [1.165, 1.54) is 6.07 Å². The molecule has 0 unspecified atom stereocenters. The number of aliphatic hydroxyl groups is 1. The van der Waals surface area contributed by atoms with Crippen LogP contribution in [0.25, 0.3) is 0 Å². The molecule has 1 amide bonds. The van der Waals surface area contributed by atoms with Crippen LogP contribution in [0.15, 0.2) is 12.1 Å². The number of hydrogen-bond donors (Lipinski definition) is 3. The van der Waals surface area contributed by atoms with Crippen LogP contribution in [0.4, 0.5) is 17.1 Å². The number of nitro benzene ring substituents is 1. The molecular formula is C12H15N3O4. The first-order valence-electron chi connectivity index (χ1n) is 6.07. The van der Waals surface area contributed by atoms with Gasteiger partial charge in [-0.2, -0.15) is 0 Å². The fourth-order valence-electron chi connectivity index (χ4n) is 2.01. The second-order valence-corrected chi connectivity index (χ2v) is 4.34. The van der Waals surface area contributed by atoms with Crippen LogP contribution < -0.4 is 10.6 Å². The van der Waals surface area contributed by atoms with Crippen molar-refractivity contribution in [3.63, 3.8) is 0 Å². The van der Waals surface area contributed by atoms with Crippen molar-refractivity contribution in [2.24, 2.45) is 0 Å². The van der Waals surface area contributed by atoms with Gasteiger partial charge in [0.15, 0.2) is 0 Å². The van der Waals surface area contributed by atoms with Gasteiger partial charge in [0.1, 0.15) is 5.69 Å². The second kappa shape index (κ2) is 5.66. The van der Waals surface area contributed by atoms with Crippen LogP contribution in [0.3, 0.4) is 0 Å². The number of benzene rings is 1. The first kappa shape index (κ1) is 13.3. The molecule has 1 aliphatic heterocycles. The van der Waals surface area contributed by atoms with Crippen molar-refractivity contribution in [1.82, 2.24) is 0 Å². The van der Waals surface area contributed by atoms with Crippen molar-refractivity contribution in [2.75, 3.05) is 23.8 Å². The van der Waals surface area contributed by atoms with E-state index in [1.54, 1.807) is 6.07 Å². The maximum absolute atomic E-state index is 11.3. The van der Waals surface area contributed by atoms with Gasteiger partial charge < -0.3 is 15.7 Å². The van der Waals surface area contributed by atoms with Crippen molar-refractivity contribution >= 4 is 23.0 Å². The Balaban J connectivity index is 2.30. The highest BCUT2D eigenvalue weighted by Gasteiger charge is 2.22. The average Bonchev–Trinajstić information content (AvgIpc) is 2.38. The SMILES string of the molecule is O=C1CCc2cc(NCCCO)c([N+](=O)[O-])cc2N1. The molecule has 102 valence electrons. The first-order valence-corrected chi connectivity index (χ1v) is 6.07. The Morgan fingerprint density at radius 1 is 1.42 bits per heavy atom. The van der Waals surface area contributed by atoms with Crippen molar-refractivity contribution in [2.45, 2.75) is 19.3 Å². The Labute approximate surface area is 109 Å². The number of anilines is 2. The lowest BCUT2D eigenvalue weighted by Gasteiger charge is -2.18. The van der Waals surface area contributed by atoms with E-state index in [0.717, 1.165) is 5.56 Å². The molecule has 0 saturated heterocycles. The zero-order chi connectivity index (χ0) is 13.8. The zero-order valence-electron chi connectivity index (χ0n) is 10.3. The molecule has 0 aromatic heterocycles. The molecule has 0 spiro atoms. The quantitative estimate of drug-likeness (QED) is 0.422. The maximum atomic E-state index is 11.3. The third kappa shape index (κ3) is 3.00. The number of nitrogens with one attached hydrogen (secondary N) is 2. The van der Waals surface area contributed by atoms with Gasteiger partial charge in [0.05, 0.1) is 10.6 Å². The Hall–Kier alpha value is -2.15. The van der Waals surface area contributed by atoms with Crippen LogP contribution in [0, 0.1) is 10.1 Å². The fraction of sp³-hybridized carbons (Fsp3) is 0.417. The lowest BCUT2D eigenvalue weighted by Crippen LogP contribution is -2.19. The molecule has 0 atom stereocenters. The Kier molecular flexibility index (Phi) is 3.96. The Morgan fingerprint density at radius 3 is 2.89 bits per heavy atom. The van der Waals surface area contributed by atoms with E-state index in [1.807, 2.05) is 0 Å². The lowest BCUT2D eigenvalue weighted by atomic mass is 10.0. The molecule has 7 nitrogen and oxygen atoms in total. The summed E-state index contributed by atoms with van der Waals surface area (Å²) in [6.07, 6.45) is 1.49. The summed E-state index contributed by atoms with van der Waals surface area (Å²) in [5.74, 6) is -0.122. The van der Waals surface area contributed by atoms with Gasteiger partial charge in [-0.05, 0) is 24.5 Å². The van der Waals surface area contributed by atoms with E-state index in [4.69, 9.17) is 5.11 Å². The minimum absolute atomic E-state index is 0.0296. The predicted molar refractivity (Wildman–Crippen MR) is 70.2 cm³/mol. The summed E-state index contributed by atoms with van der Waals surface area (Å²) in [6.45, 7) is 0.490. The minimum Gasteiger partial charge on any atom is -0.396 e. The normalized spacial score (nSPS) is 13.6. The van der Waals surface area contributed by atoms with E-state index < -0.39 is 4.92 Å². The topological polar surface area (TPSA) is 104 Å². The zero-order valence-corrected chi connectivity index (χ0v) is 10.3. The van der Waals surface area contributed by atoms with Crippen LogP contribution in [0.2, 0.25) is 0 Å². The van der Waals surface area contributed by atoms with Gasteiger partial charge in [-0.1, -0.05) is 0 Å². The number of aryl methyl sites for hydroxylation is 1. The number of fused-ring (bicyclic) bond motifs is 1. The first-order chi connectivity index (χ1) is 9.11. The molecule has 0 saturated carbocycles. The lowest BCUT2D eigenvalue weighted by molar-refractivity contribution is -0.383. The standard InChI is InChI=1S/C12H15N3O4/c16-5-1-4-13-10-6-8-2-3-12(17)14-9(8)7-11(10)15(18)19/h6-7,13,16H,1-5H2,(H,14,17). The number of hydrogen-bond acceptors (Lipinski definition) is 5. The van der Waals surface area contributed by atoms with E-state index in [2.05, 4.69) is 10.6 Å². The number of aliphatic hydroxyl groups excluding tert-OH is 1. The van der Waals surface area contributed by atoms with E-state index in [9.17, 15) is 14.9 Å². The summed E-state index contributed by atoms with van der Waals surface area (Å²) in [4.78, 5) is 21.8. The van der Waals surface area contributed by atoms with Gasteiger partial charge in [-0.15, -0.1) is 0 Å². The van der Waals surface area contributed by atoms with Crippen LogP contribution in [-0.4, -0.2) is 29.1 Å². The molecule has 0 fully saturated rings. The molecule has 3 N–H and O–H groups in total. The molecule has 7 heteroatoms. The summed E-state index contributed by atoms with van der Waals surface area (Å²) in [7, 11) is 0. The summed E-state index contributed by atoms with van der Waals surface area (Å²) in [5, 5.41) is 25.3. The third-order valence-corrected chi connectivity index (χ3v) is 2.96.